The van der Waals surface area contributed by atoms with Crippen molar-refractivity contribution in [3.63, 3.8) is 0 Å². The van der Waals surface area contributed by atoms with E-state index >= 15 is 0 Å². The van der Waals surface area contributed by atoms with Gasteiger partial charge in [0.2, 0.25) is 0 Å². The number of benzene rings is 1. The minimum Gasteiger partial charge on any atom is -0.395 e. The molecule has 0 aromatic heterocycles. The molecule has 0 radical (unpaired) electrons. The van der Waals surface area contributed by atoms with E-state index in [4.69, 9.17) is 5.11 Å². The second-order valence-electron chi connectivity index (χ2n) is 4.41. The van der Waals surface area contributed by atoms with Crippen LogP contribution >= 0.6 is 15.9 Å². The Morgan fingerprint density at radius 1 is 1.41 bits per heavy atom. The summed E-state index contributed by atoms with van der Waals surface area (Å²) < 4.78 is 1.16. The molecule has 3 nitrogen and oxygen atoms in total. The van der Waals surface area contributed by atoms with Gasteiger partial charge in [0.25, 0.3) is 0 Å². The van der Waals surface area contributed by atoms with E-state index in [1.807, 2.05) is 6.07 Å². The highest BCUT2D eigenvalue weighted by Crippen LogP contribution is 2.28. The quantitative estimate of drug-likeness (QED) is 0.892. The number of hydrogen-bond donors (Lipinski definition) is 2. The molecule has 1 aromatic carbocycles. The minimum atomic E-state index is 0.214. The molecule has 1 fully saturated rings. The Bertz CT molecular complexity index is 359. The molecule has 2 rings (SSSR count). The predicted molar refractivity (Wildman–Crippen MR) is 74.5 cm³/mol. The zero-order valence-electron chi connectivity index (χ0n) is 9.90. The normalized spacial score (nSPS) is 20.6. The van der Waals surface area contributed by atoms with Crippen molar-refractivity contribution in [1.82, 2.24) is 5.32 Å². The van der Waals surface area contributed by atoms with Crippen molar-refractivity contribution in [2.75, 3.05) is 31.1 Å². The first-order chi connectivity index (χ1) is 8.31. The van der Waals surface area contributed by atoms with Crippen LogP contribution in [0.3, 0.4) is 0 Å². The first-order valence-corrected chi connectivity index (χ1v) is 6.94. The Balaban J connectivity index is 1.99. The lowest BCUT2D eigenvalue weighted by Crippen LogP contribution is -2.46. The zero-order valence-corrected chi connectivity index (χ0v) is 11.5. The largest absolute Gasteiger partial charge is 0.395 e. The molecule has 1 aliphatic heterocycles. The van der Waals surface area contributed by atoms with Crippen LogP contribution in [0.4, 0.5) is 5.69 Å². The van der Waals surface area contributed by atoms with Gasteiger partial charge in [-0.05, 0) is 40.9 Å². The van der Waals surface area contributed by atoms with Gasteiger partial charge in [-0.3, -0.25) is 0 Å². The van der Waals surface area contributed by atoms with E-state index < -0.39 is 0 Å². The summed E-state index contributed by atoms with van der Waals surface area (Å²) in [6, 6.07) is 8.84. The standard InChI is InChI=1S/C13H19BrN2O/c14-12-5-1-2-6-13(12)16-8-3-4-11(10-16)15-7-9-17/h1-2,5-6,11,15,17H,3-4,7-10H2. The van der Waals surface area contributed by atoms with Gasteiger partial charge in [-0.1, -0.05) is 12.1 Å². The van der Waals surface area contributed by atoms with Gasteiger partial charge in [-0.25, -0.2) is 0 Å². The summed E-state index contributed by atoms with van der Waals surface area (Å²) >= 11 is 3.60. The highest BCUT2D eigenvalue weighted by molar-refractivity contribution is 9.10. The molecule has 1 aliphatic rings. The van der Waals surface area contributed by atoms with Gasteiger partial charge in [-0.15, -0.1) is 0 Å². The first kappa shape index (κ1) is 12.9. The number of halogens is 1. The maximum absolute atomic E-state index is 8.84. The van der Waals surface area contributed by atoms with Crippen LogP contribution < -0.4 is 10.2 Å². The summed E-state index contributed by atoms with van der Waals surface area (Å²) in [6.45, 7) is 3.03. The van der Waals surface area contributed by atoms with Crippen LogP contribution in [0, 0.1) is 0 Å². The molecular formula is C13H19BrN2O. The third-order valence-corrected chi connectivity index (χ3v) is 3.83. The van der Waals surface area contributed by atoms with Gasteiger partial charge < -0.3 is 15.3 Å². The van der Waals surface area contributed by atoms with Crippen LogP contribution in [0.2, 0.25) is 0 Å². The highest BCUT2D eigenvalue weighted by Gasteiger charge is 2.20. The fraction of sp³-hybridized carbons (Fsp3) is 0.538. The third-order valence-electron chi connectivity index (χ3n) is 3.16. The fourth-order valence-corrected chi connectivity index (χ4v) is 2.87. The van der Waals surface area contributed by atoms with Crippen LogP contribution in [-0.2, 0) is 0 Å². The second kappa shape index (κ2) is 6.38. The van der Waals surface area contributed by atoms with Crippen LogP contribution in [0.15, 0.2) is 28.7 Å². The molecule has 1 heterocycles. The highest BCUT2D eigenvalue weighted by atomic mass is 79.9. The molecule has 1 unspecified atom stereocenters. The number of nitrogens with one attached hydrogen (secondary N) is 1. The van der Waals surface area contributed by atoms with Crippen LogP contribution in [0.1, 0.15) is 12.8 Å². The van der Waals surface area contributed by atoms with Gasteiger partial charge >= 0.3 is 0 Å². The SMILES string of the molecule is OCCNC1CCCN(c2ccccc2Br)C1. The number of nitrogens with zero attached hydrogens (tertiary/aromatic N) is 1. The smallest absolute Gasteiger partial charge is 0.0556 e. The van der Waals surface area contributed by atoms with E-state index in [1.165, 1.54) is 18.5 Å². The van der Waals surface area contributed by atoms with Gasteiger partial charge in [0, 0.05) is 30.1 Å². The molecule has 1 saturated heterocycles. The zero-order chi connectivity index (χ0) is 12.1. The van der Waals surface area contributed by atoms with Crippen molar-refractivity contribution < 1.29 is 5.11 Å². The average Bonchev–Trinajstić information content (AvgIpc) is 2.37. The molecule has 1 aromatic rings. The molecule has 94 valence electrons. The number of aliphatic hydroxyl groups is 1. The topological polar surface area (TPSA) is 35.5 Å². The molecule has 0 saturated carbocycles. The number of hydrogen-bond acceptors (Lipinski definition) is 3. The average molecular weight is 299 g/mol. The van der Waals surface area contributed by atoms with E-state index in [0.29, 0.717) is 12.6 Å². The molecule has 2 N–H and O–H groups in total. The Morgan fingerprint density at radius 2 is 2.24 bits per heavy atom. The van der Waals surface area contributed by atoms with Crippen LogP contribution in [0.5, 0.6) is 0 Å². The van der Waals surface area contributed by atoms with Crippen molar-refractivity contribution in [1.29, 1.82) is 0 Å². The van der Waals surface area contributed by atoms with Crippen molar-refractivity contribution in [3.8, 4) is 0 Å². The summed E-state index contributed by atoms with van der Waals surface area (Å²) in [7, 11) is 0. The summed E-state index contributed by atoms with van der Waals surface area (Å²) in [6.07, 6.45) is 2.39. The van der Waals surface area contributed by atoms with Crippen molar-refractivity contribution in [2.45, 2.75) is 18.9 Å². The Hall–Kier alpha value is -0.580. The fourth-order valence-electron chi connectivity index (χ4n) is 2.34. The summed E-state index contributed by atoms with van der Waals surface area (Å²) in [4.78, 5) is 2.41. The van der Waals surface area contributed by atoms with E-state index in [9.17, 15) is 0 Å². The van der Waals surface area contributed by atoms with Crippen LogP contribution in [0.25, 0.3) is 0 Å². The lowest BCUT2D eigenvalue weighted by molar-refractivity contribution is 0.278. The Labute approximate surface area is 111 Å². The number of piperidine rings is 1. The Morgan fingerprint density at radius 3 is 3.00 bits per heavy atom. The van der Waals surface area contributed by atoms with E-state index in [-0.39, 0.29) is 6.61 Å². The van der Waals surface area contributed by atoms with Gasteiger partial charge in [0.15, 0.2) is 0 Å². The predicted octanol–water partition coefficient (Wildman–Crippen LogP) is 2.00. The van der Waals surface area contributed by atoms with E-state index in [0.717, 1.165) is 17.6 Å². The lowest BCUT2D eigenvalue weighted by Gasteiger charge is -2.35. The monoisotopic (exact) mass is 298 g/mol. The van der Waals surface area contributed by atoms with Gasteiger partial charge in [0.05, 0.1) is 12.3 Å². The molecule has 0 spiro atoms. The molecular weight excluding hydrogens is 280 g/mol. The maximum atomic E-state index is 8.84. The van der Waals surface area contributed by atoms with Crippen molar-refractivity contribution in [2.24, 2.45) is 0 Å². The molecule has 4 heteroatoms. The summed E-state index contributed by atoms with van der Waals surface area (Å²) in [5.74, 6) is 0. The molecule has 0 amide bonds. The minimum absolute atomic E-state index is 0.214. The van der Waals surface area contributed by atoms with Gasteiger partial charge in [0.1, 0.15) is 0 Å². The van der Waals surface area contributed by atoms with Crippen molar-refractivity contribution >= 4 is 21.6 Å². The molecule has 0 bridgehead atoms. The molecule has 17 heavy (non-hydrogen) atoms. The first-order valence-electron chi connectivity index (χ1n) is 6.15. The summed E-state index contributed by atoms with van der Waals surface area (Å²) in [5, 5.41) is 12.2. The molecule has 1 atom stereocenters. The maximum Gasteiger partial charge on any atom is 0.0556 e. The lowest BCUT2D eigenvalue weighted by atomic mass is 10.0. The van der Waals surface area contributed by atoms with E-state index in [2.05, 4.69) is 44.3 Å². The third kappa shape index (κ3) is 3.44. The second-order valence-corrected chi connectivity index (χ2v) is 5.27. The van der Waals surface area contributed by atoms with Crippen molar-refractivity contribution in [3.05, 3.63) is 28.7 Å². The number of para-hydroxylation sites is 1. The Kier molecular flexibility index (Phi) is 4.83. The van der Waals surface area contributed by atoms with Gasteiger partial charge in [-0.2, -0.15) is 0 Å². The number of aliphatic hydroxyl groups excluding tert-OH is 1. The summed E-state index contributed by atoms with van der Waals surface area (Å²) in [5.41, 5.74) is 1.27. The molecule has 0 aliphatic carbocycles. The number of anilines is 1. The number of rotatable bonds is 4. The van der Waals surface area contributed by atoms with Crippen LogP contribution in [-0.4, -0.2) is 37.4 Å². The van der Waals surface area contributed by atoms with E-state index in [1.54, 1.807) is 0 Å².